The van der Waals surface area contributed by atoms with E-state index in [-0.39, 0.29) is 19.0 Å². The maximum Gasteiger partial charge on any atom is 0.378 e. The fraction of sp³-hybridized carbons (Fsp3) is 0.500. The Kier molecular flexibility index (Phi) is 4.72. The highest BCUT2D eigenvalue weighted by atomic mass is 16.5. The molecule has 0 aliphatic carbocycles. The molecule has 10 nitrogen and oxygen atoms in total. The van der Waals surface area contributed by atoms with Crippen LogP contribution in [-0.2, 0) is 20.9 Å². The minimum absolute atomic E-state index is 0.170. The topological polar surface area (TPSA) is 128 Å². The number of hydrogen-bond acceptors (Lipinski definition) is 7. The molecule has 1 heterocycles. The van der Waals surface area contributed by atoms with Crippen LogP contribution in [0.4, 0.5) is 0 Å². The van der Waals surface area contributed by atoms with E-state index < -0.39 is 17.8 Å². The van der Waals surface area contributed by atoms with E-state index in [0.717, 1.165) is 4.68 Å². The van der Waals surface area contributed by atoms with Crippen LogP contribution in [0.1, 0.15) is 24.5 Å². The summed E-state index contributed by atoms with van der Waals surface area (Å²) in [5.74, 6) is -1.92. The van der Waals surface area contributed by atoms with Crippen LogP contribution in [0.25, 0.3) is 0 Å². The molecular weight excluding hydrogens is 244 g/mol. The van der Waals surface area contributed by atoms with Crippen molar-refractivity contribution < 1.29 is 19.1 Å². The van der Waals surface area contributed by atoms with E-state index in [1.165, 1.54) is 6.92 Å². The van der Waals surface area contributed by atoms with Crippen molar-refractivity contribution >= 4 is 17.8 Å². The fourth-order valence-electron chi connectivity index (χ4n) is 0.986. The summed E-state index contributed by atoms with van der Waals surface area (Å²) in [6.07, 6.45) is 0. The first-order valence-electron chi connectivity index (χ1n) is 5.03. The molecule has 0 saturated heterocycles. The largest absolute Gasteiger partial charge is 0.460 e. The summed E-state index contributed by atoms with van der Waals surface area (Å²) in [7, 11) is 0. The molecule has 0 spiro atoms. The summed E-state index contributed by atoms with van der Waals surface area (Å²) in [5, 5.41) is 10.2. The van der Waals surface area contributed by atoms with E-state index in [2.05, 4.69) is 26.4 Å². The predicted octanol–water partition coefficient (Wildman–Crippen LogP) is -1.98. The van der Waals surface area contributed by atoms with E-state index in [4.69, 9.17) is 4.74 Å². The summed E-state index contributed by atoms with van der Waals surface area (Å²) in [5.41, 5.74) is 4.21. The van der Waals surface area contributed by atoms with Crippen molar-refractivity contribution in [2.24, 2.45) is 0 Å². The van der Waals surface area contributed by atoms with Gasteiger partial charge in [-0.15, -0.1) is 5.10 Å². The van der Waals surface area contributed by atoms with Gasteiger partial charge in [0.05, 0.1) is 6.61 Å². The molecule has 0 atom stereocenters. The van der Waals surface area contributed by atoms with Crippen molar-refractivity contribution in [1.82, 2.24) is 31.1 Å². The number of ether oxygens (including phenoxy) is 1. The van der Waals surface area contributed by atoms with Crippen LogP contribution in [0.3, 0.4) is 0 Å². The number of amides is 2. The second-order valence-corrected chi connectivity index (χ2v) is 3.11. The number of carbonyl (C=O) groups is 3. The first-order chi connectivity index (χ1) is 8.54. The number of carbonyl (C=O) groups excluding carboxylic acids is 3. The van der Waals surface area contributed by atoms with Gasteiger partial charge in [-0.25, -0.2) is 9.48 Å². The lowest BCUT2D eigenvalue weighted by Gasteiger charge is -2.05. The van der Waals surface area contributed by atoms with Gasteiger partial charge in [-0.05, 0) is 17.4 Å². The van der Waals surface area contributed by atoms with Crippen LogP contribution in [0, 0.1) is 0 Å². The molecule has 0 radical (unpaired) electrons. The lowest BCUT2D eigenvalue weighted by Crippen LogP contribution is -2.42. The van der Waals surface area contributed by atoms with Gasteiger partial charge in [0.2, 0.25) is 5.91 Å². The molecule has 0 aliphatic heterocycles. The summed E-state index contributed by atoms with van der Waals surface area (Å²) >= 11 is 0. The van der Waals surface area contributed by atoms with Crippen molar-refractivity contribution in [3.63, 3.8) is 0 Å². The molecule has 2 N–H and O–H groups in total. The van der Waals surface area contributed by atoms with Gasteiger partial charge in [0, 0.05) is 6.92 Å². The highest BCUT2D eigenvalue weighted by Crippen LogP contribution is 1.95. The second-order valence-electron chi connectivity index (χ2n) is 3.11. The van der Waals surface area contributed by atoms with E-state index in [1.54, 1.807) is 6.92 Å². The Morgan fingerprint density at radius 2 is 2.06 bits per heavy atom. The van der Waals surface area contributed by atoms with Gasteiger partial charge in [-0.3, -0.25) is 20.4 Å². The van der Waals surface area contributed by atoms with Crippen LogP contribution in [0.15, 0.2) is 0 Å². The third kappa shape index (κ3) is 3.81. The normalized spacial score (nSPS) is 9.67. The van der Waals surface area contributed by atoms with Crippen LogP contribution in [0.5, 0.6) is 0 Å². The molecule has 1 rings (SSSR count). The Hall–Kier alpha value is -2.52. The lowest BCUT2D eigenvalue weighted by atomic mass is 10.5. The number of hydrazine groups is 1. The second kappa shape index (κ2) is 6.27. The molecule has 18 heavy (non-hydrogen) atoms. The van der Waals surface area contributed by atoms with Gasteiger partial charge >= 0.3 is 5.97 Å². The van der Waals surface area contributed by atoms with Gasteiger partial charge in [0.25, 0.3) is 11.7 Å². The number of tetrazole rings is 1. The third-order valence-corrected chi connectivity index (χ3v) is 1.66. The third-order valence-electron chi connectivity index (χ3n) is 1.66. The smallest absolute Gasteiger partial charge is 0.378 e. The van der Waals surface area contributed by atoms with Crippen molar-refractivity contribution in [3.8, 4) is 0 Å². The van der Waals surface area contributed by atoms with Crippen LogP contribution in [0.2, 0.25) is 0 Å². The molecule has 2 amide bonds. The fourth-order valence-corrected chi connectivity index (χ4v) is 0.986. The zero-order chi connectivity index (χ0) is 13.5. The van der Waals surface area contributed by atoms with Crippen LogP contribution < -0.4 is 10.9 Å². The molecule has 0 aromatic carbocycles. The Morgan fingerprint density at radius 3 is 2.67 bits per heavy atom. The average Bonchev–Trinajstić information content (AvgIpc) is 2.75. The Morgan fingerprint density at radius 1 is 1.33 bits per heavy atom. The van der Waals surface area contributed by atoms with E-state index >= 15 is 0 Å². The standard InChI is InChI=1S/C8H12N6O4/c1-3-18-8(17)7-11-12-13-14(7)4-6(16)10-9-5(2)15/h3-4H2,1-2H3,(H,9,15)(H,10,16). The highest BCUT2D eigenvalue weighted by molar-refractivity contribution is 5.86. The Balaban J connectivity index is 2.62. The lowest BCUT2D eigenvalue weighted by molar-refractivity contribution is -0.128. The number of nitrogens with zero attached hydrogens (tertiary/aromatic N) is 4. The van der Waals surface area contributed by atoms with Gasteiger partial charge in [-0.1, -0.05) is 0 Å². The van der Waals surface area contributed by atoms with Crippen molar-refractivity contribution in [2.45, 2.75) is 20.4 Å². The average molecular weight is 256 g/mol. The number of nitrogens with one attached hydrogen (secondary N) is 2. The van der Waals surface area contributed by atoms with Crippen molar-refractivity contribution in [2.75, 3.05) is 6.61 Å². The van der Waals surface area contributed by atoms with Gasteiger partial charge < -0.3 is 4.74 Å². The van der Waals surface area contributed by atoms with Crippen molar-refractivity contribution in [1.29, 1.82) is 0 Å². The molecule has 0 saturated carbocycles. The molecule has 1 aromatic heterocycles. The molecule has 0 bridgehead atoms. The zero-order valence-corrected chi connectivity index (χ0v) is 9.84. The van der Waals surface area contributed by atoms with E-state index in [1.807, 2.05) is 0 Å². The monoisotopic (exact) mass is 256 g/mol. The number of rotatable bonds is 4. The van der Waals surface area contributed by atoms with E-state index in [0.29, 0.717) is 0 Å². The first kappa shape index (κ1) is 13.5. The van der Waals surface area contributed by atoms with Gasteiger partial charge in [0.1, 0.15) is 6.54 Å². The minimum Gasteiger partial charge on any atom is -0.460 e. The molecule has 10 heteroatoms. The quantitative estimate of drug-likeness (QED) is 0.471. The molecule has 0 fully saturated rings. The summed E-state index contributed by atoms with van der Waals surface area (Å²) in [4.78, 5) is 33.3. The molecule has 0 aliphatic rings. The molecular formula is C8H12N6O4. The Labute approximate surface area is 102 Å². The summed E-state index contributed by atoms with van der Waals surface area (Å²) in [6, 6.07) is 0. The first-order valence-corrected chi connectivity index (χ1v) is 5.03. The summed E-state index contributed by atoms with van der Waals surface area (Å²) < 4.78 is 5.67. The SMILES string of the molecule is CCOC(=O)c1nnnn1CC(=O)NNC(C)=O. The van der Waals surface area contributed by atoms with E-state index in [9.17, 15) is 14.4 Å². The molecule has 98 valence electrons. The van der Waals surface area contributed by atoms with Gasteiger partial charge in [0.15, 0.2) is 0 Å². The zero-order valence-electron chi connectivity index (χ0n) is 9.84. The Bertz CT molecular complexity index is 456. The summed E-state index contributed by atoms with van der Waals surface area (Å²) in [6.45, 7) is 2.72. The van der Waals surface area contributed by atoms with Gasteiger partial charge in [-0.2, -0.15) is 0 Å². The number of hydrogen-bond donors (Lipinski definition) is 2. The minimum atomic E-state index is -0.727. The predicted molar refractivity (Wildman–Crippen MR) is 55.7 cm³/mol. The van der Waals surface area contributed by atoms with Crippen molar-refractivity contribution in [3.05, 3.63) is 5.82 Å². The molecule has 0 unspecified atom stereocenters. The number of esters is 1. The van der Waals surface area contributed by atoms with Crippen LogP contribution >= 0.6 is 0 Å². The van der Waals surface area contributed by atoms with Crippen LogP contribution in [-0.4, -0.2) is 44.6 Å². The maximum atomic E-state index is 11.4. The highest BCUT2D eigenvalue weighted by Gasteiger charge is 2.18. The molecule has 1 aromatic rings. The maximum absolute atomic E-state index is 11.4. The number of aromatic nitrogens is 4.